The van der Waals surface area contributed by atoms with E-state index in [1.54, 1.807) is 0 Å². The van der Waals surface area contributed by atoms with Crippen LogP contribution < -0.4 is 4.90 Å². The van der Waals surface area contributed by atoms with Gasteiger partial charge in [-0.3, -0.25) is 0 Å². The number of furan rings is 2. The minimum absolute atomic E-state index is 0.837. The van der Waals surface area contributed by atoms with Gasteiger partial charge in [0, 0.05) is 77.8 Å². The lowest BCUT2D eigenvalue weighted by atomic mass is 10.00. The van der Waals surface area contributed by atoms with Crippen LogP contribution in [0.25, 0.3) is 104 Å². The third-order valence-electron chi connectivity index (χ3n) is 12.1. The van der Waals surface area contributed by atoms with Crippen LogP contribution in [-0.4, -0.2) is 4.40 Å². The fourth-order valence-corrected chi connectivity index (χ4v) is 9.51. The summed E-state index contributed by atoms with van der Waals surface area (Å²) >= 11 is 0. The topological polar surface area (TPSA) is 33.9 Å². The molecule has 0 fully saturated rings. The van der Waals surface area contributed by atoms with Gasteiger partial charge < -0.3 is 18.1 Å². The molecular weight excluding hydrogens is 709 g/mol. The SMILES string of the molecule is c1ccc(-c2ccc(N(c3ccc4c(c3)oc3ccccc34)c3ccc4c(c3)oc3cc(-c5cccc6c7cccc8c9ccccc9n(c56)c87)ccc34)cc2)cc1. The number of para-hydroxylation sites is 4. The molecule has 0 aliphatic carbocycles. The molecule has 0 N–H and O–H groups in total. The second kappa shape index (κ2) is 11.8. The molecule has 13 rings (SSSR count). The summed E-state index contributed by atoms with van der Waals surface area (Å²) in [6.45, 7) is 0. The summed E-state index contributed by atoms with van der Waals surface area (Å²) in [6, 6.07) is 69.3. The van der Waals surface area contributed by atoms with Crippen molar-refractivity contribution in [2.24, 2.45) is 0 Å². The number of rotatable bonds is 5. The Balaban J connectivity index is 0.966. The number of anilines is 3. The Morgan fingerprint density at radius 3 is 1.57 bits per heavy atom. The summed E-state index contributed by atoms with van der Waals surface area (Å²) < 4.78 is 15.6. The summed E-state index contributed by atoms with van der Waals surface area (Å²) in [5.74, 6) is 0. The first-order chi connectivity index (χ1) is 28.7. The Morgan fingerprint density at radius 2 is 0.810 bits per heavy atom. The largest absolute Gasteiger partial charge is 0.456 e. The van der Waals surface area contributed by atoms with Gasteiger partial charge in [-0.1, -0.05) is 121 Å². The predicted molar refractivity (Wildman–Crippen MR) is 241 cm³/mol. The van der Waals surface area contributed by atoms with Gasteiger partial charge in [0.2, 0.25) is 0 Å². The van der Waals surface area contributed by atoms with Crippen molar-refractivity contribution < 1.29 is 8.83 Å². The van der Waals surface area contributed by atoms with Crippen molar-refractivity contribution in [2.75, 3.05) is 4.90 Å². The molecule has 13 aromatic rings. The summed E-state index contributed by atoms with van der Waals surface area (Å²) in [4.78, 5) is 2.28. The molecule has 0 amide bonds. The summed E-state index contributed by atoms with van der Waals surface area (Å²) in [5, 5.41) is 9.51. The predicted octanol–water partition coefficient (Wildman–Crippen LogP) is 15.4. The van der Waals surface area contributed by atoms with Crippen molar-refractivity contribution >= 4 is 99.0 Å². The van der Waals surface area contributed by atoms with Gasteiger partial charge in [0.05, 0.1) is 16.6 Å². The monoisotopic (exact) mass is 740 g/mol. The molecule has 0 aliphatic rings. The van der Waals surface area contributed by atoms with E-state index >= 15 is 0 Å². The molecular formula is C54H32N2O2. The molecule has 4 heterocycles. The average molecular weight is 741 g/mol. The molecule has 4 nitrogen and oxygen atoms in total. The van der Waals surface area contributed by atoms with Crippen LogP contribution in [0.3, 0.4) is 0 Å². The van der Waals surface area contributed by atoms with E-state index in [-0.39, 0.29) is 0 Å². The van der Waals surface area contributed by atoms with Gasteiger partial charge in [0.1, 0.15) is 22.3 Å². The lowest BCUT2D eigenvalue weighted by Crippen LogP contribution is -2.09. The zero-order valence-electron chi connectivity index (χ0n) is 31.2. The Bertz CT molecular complexity index is 3740. The Hall–Kier alpha value is -7.82. The molecule has 0 spiro atoms. The second-order valence-electron chi connectivity index (χ2n) is 15.3. The van der Waals surface area contributed by atoms with E-state index in [0.717, 1.165) is 66.5 Å². The zero-order valence-corrected chi connectivity index (χ0v) is 31.2. The van der Waals surface area contributed by atoms with E-state index in [4.69, 9.17) is 8.83 Å². The number of nitrogens with zero attached hydrogens (tertiary/aromatic N) is 2. The molecule has 0 atom stereocenters. The third-order valence-corrected chi connectivity index (χ3v) is 12.1. The highest BCUT2D eigenvalue weighted by atomic mass is 16.3. The van der Waals surface area contributed by atoms with Gasteiger partial charge in [-0.25, -0.2) is 0 Å². The minimum atomic E-state index is 0.837. The molecule has 4 aromatic heterocycles. The van der Waals surface area contributed by atoms with Gasteiger partial charge in [-0.2, -0.15) is 0 Å². The number of hydrogen-bond acceptors (Lipinski definition) is 3. The molecule has 270 valence electrons. The van der Waals surface area contributed by atoms with E-state index in [9.17, 15) is 0 Å². The summed E-state index contributed by atoms with van der Waals surface area (Å²) in [5.41, 5.74) is 14.9. The normalized spacial score (nSPS) is 12.1. The van der Waals surface area contributed by atoms with Gasteiger partial charge in [-0.05, 0) is 77.4 Å². The van der Waals surface area contributed by atoms with Crippen molar-refractivity contribution in [1.82, 2.24) is 4.40 Å². The minimum Gasteiger partial charge on any atom is -0.456 e. The Labute approximate surface area is 332 Å². The van der Waals surface area contributed by atoms with Gasteiger partial charge in [0.15, 0.2) is 0 Å². The van der Waals surface area contributed by atoms with Crippen LogP contribution in [0.4, 0.5) is 17.1 Å². The number of benzene rings is 9. The van der Waals surface area contributed by atoms with Crippen LogP contribution in [0.2, 0.25) is 0 Å². The van der Waals surface area contributed by atoms with Gasteiger partial charge in [0.25, 0.3) is 0 Å². The van der Waals surface area contributed by atoms with Crippen LogP contribution in [0.15, 0.2) is 203 Å². The quantitative estimate of drug-likeness (QED) is 0.176. The third kappa shape index (κ3) is 4.45. The highest BCUT2D eigenvalue weighted by Gasteiger charge is 2.21. The molecule has 0 radical (unpaired) electrons. The average Bonchev–Trinajstić information content (AvgIpc) is 4.03. The van der Waals surface area contributed by atoms with E-state index in [1.165, 1.54) is 54.8 Å². The number of aromatic nitrogens is 1. The summed E-state index contributed by atoms with van der Waals surface area (Å²) in [7, 11) is 0. The fourth-order valence-electron chi connectivity index (χ4n) is 9.51. The van der Waals surface area contributed by atoms with Crippen molar-refractivity contribution in [3.8, 4) is 22.3 Å². The maximum atomic E-state index is 6.81. The van der Waals surface area contributed by atoms with Crippen molar-refractivity contribution in [3.63, 3.8) is 0 Å². The molecule has 0 saturated heterocycles. The molecule has 58 heavy (non-hydrogen) atoms. The molecule has 0 unspecified atom stereocenters. The molecule has 9 aromatic carbocycles. The van der Waals surface area contributed by atoms with Crippen molar-refractivity contribution in [2.45, 2.75) is 0 Å². The fraction of sp³-hybridized carbons (Fsp3) is 0. The molecule has 0 saturated carbocycles. The first-order valence-corrected chi connectivity index (χ1v) is 19.7. The van der Waals surface area contributed by atoms with E-state index in [2.05, 4.69) is 191 Å². The standard InChI is InChI=1S/C54H32N2O2/c1-2-10-33(11-3-1)34-20-23-36(24-21-34)55(37-25-28-43-41-13-5-7-19-49(41)57-51(43)31-37)38-26-29-44-42-27-22-35(30-50(42)58-52(44)32-38)39-14-8-16-46-47-17-9-15-45-40-12-4-6-18-48(40)56(53(39)46)54(45)47/h1-32H. The maximum absolute atomic E-state index is 6.81. The van der Waals surface area contributed by atoms with Crippen LogP contribution >= 0.6 is 0 Å². The number of fused-ring (bicyclic) bond motifs is 12. The van der Waals surface area contributed by atoms with Gasteiger partial charge in [-0.15, -0.1) is 0 Å². The summed E-state index contributed by atoms with van der Waals surface area (Å²) in [6.07, 6.45) is 0. The Kier molecular flexibility index (Phi) is 6.41. The van der Waals surface area contributed by atoms with Gasteiger partial charge >= 0.3 is 0 Å². The maximum Gasteiger partial charge on any atom is 0.137 e. The van der Waals surface area contributed by atoms with E-state index in [0.29, 0.717) is 0 Å². The van der Waals surface area contributed by atoms with Crippen molar-refractivity contribution in [3.05, 3.63) is 194 Å². The first-order valence-electron chi connectivity index (χ1n) is 19.7. The van der Waals surface area contributed by atoms with E-state index < -0.39 is 0 Å². The zero-order chi connectivity index (χ0) is 37.9. The highest BCUT2D eigenvalue weighted by Crippen LogP contribution is 2.45. The highest BCUT2D eigenvalue weighted by molar-refractivity contribution is 6.25. The Morgan fingerprint density at radius 1 is 0.310 bits per heavy atom. The van der Waals surface area contributed by atoms with Crippen LogP contribution in [-0.2, 0) is 0 Å². The van der Waals surface area contributed by atoms with Crippen LogP contribution in [0.1, 0.15) is 0 Å². The van der Waals surface area contributed by atoms with Crippen LogP contribution in [0, 0.1) is 0 Å². The molecule has 0 aliphatic heterocycles. The van der Waals surface area contributed by atoms with E-state index in [1.807, 2.05) is 12.1 Å². The molecule has 0 bridgehead atoms. The smallest absolute Gasteiger partial charge is 0.137 e. The second-order valence-corrected chi connectivity index (χ2v) is 15.3. The molecule has 4 heteroatoms. The first kappa shape index (κ1) is 31.4. The number of hydrogen-bond donors (Lipinski definition) is 0. The van der Waals surface area contributed by atoms with Crippen molar-refractivity contribution in [1.29, 1.82) is 0 Å². The van der Waals surface area contributed by atoms with Crippen LogP contribution in [0.5, 0.6) is 0 Å². The lowest BCUT2D eigenvalue weighted by molar-refractivity contribution is 0.669. The lowest BCUT2D eigenvalue weighted by Gasteiger charge is -2.25.